The summed E-state index contributed by atoms with van der Waals surface area (Å²) in [7, 11) is 0. The topological polar surface area (TPSA) is 55.8 Å². The van der Waals surface area contributed by atoms with Crippen LogP contribution in [0.3, 0.4) is 0 Å². The van der Waals surface area contributed by atoms with Crippen LogP contribution in [0.4, 0.5) is 0 Å². The summed E-state index contributed by atoms with van der Waals surface area (Å²) in [4.78, 5) is 23.0. The highest BCUT2D eigenvalue weighted by molar-refractivity contribution is 5.77. The minimum absolute atomic E-state index is 0.453. The molecule has 0 aromatic carbocycles. The molecule has 0 amide bonds. The molecule has 1 unspecified atom stereocenters. The standard InChI is InChI=1S/C18H36O4/c1-6-9-11-12-15-18(16(19)20,14-10-7-2)22-21-17(4,5)13-8-3/h6-15H2,1-5H3,(H,19,20). The van der Waals surface area contributed by atoms with E-state index in [1.54, 1.807) is 0 Å². The van der Waals surface area contributed by atoms with Gasteiger partial charge in [0.05, 0.1) is 5.60 Å². The van der Waals surface area contributed by atoms with E-state index in [4.69, 9.17) is 9.78 Å². The molecule has 4 heteroatoms. The lowest BCUT2D eigenvalue weighted by atomic mass is 9.90. The molecular weight excluding hydrogens is 280 g/mol. The van der Waals surface area contributed by atoms with E-state index in [0.29, 0.717) is 12.8 Å². The van der Waals surface area contributed by atoms with Gasteiger partial charge in [-0.25, -0.2) is 14.6 Å². The molecule has 0 bridgehead atoms. The third kappa shape index (κ3) is 8.14. The first-order valence-electron chi connectivity index (χ1n) is 8.93. The molecule has 0 aliphatic heterocycles. The van der Waals surface area contributed by atoms with Crippen molar-refractivity contribution in [3.05, 3.63) is 0 Å². The smallest absolute Gasteiger partial charge is 0.339 e. The highest BCUT2D eigenvalue weighted by Gasteiger charge is 2.41. The molecule has 0 aliphatic carbocycles. The zero-order valence-corrected chi connectivity index (χ0v) is 15.2. The van der Waals surface area contributed by atoms with Crippen LogP contribution in [0, 0.1) is 0 Å². The third-order valence-corrected chi connectivity index (χ3v) is 4.04. The van der Waals surface area contributed by atoms with Crippen LogP contribution in [-0.2, 0) is 14.6 Å². The summed E-state index contributed by atoms with van der Waals surface area (Å²) < 4.78 is 0. The number of unbranched alkanes of at least 4 members (excludes halogenated alkanes) is 4. The average Bonchev–Trinajstić information content (AvgIpc) is 2.45. The lowest BCUT2D eigenvalue weighted by Gasteiger charge is -2.33. The van der Waals surface area contributed by atoms with Crippen molar-refractivity contribution in [3.8, 4) is 0 Å². The molecule has 0 aromatic rings. The van der Waals surface area contributed by atoms with Crippen molar-refractivity contribution in [1.29, 1.82) is 0 Å². The molecule has 22 heavy (non-hydrogen) atoms. The molecule has 4 nitrogen and oxygen atoms in total. The van der Waals surface area contributed by atoms with Gasteiger partial charge >= 0.3 is 5.97 Å². The maximum Gasteiger partial charge on any atom is 0.339 e. The fourth-order valence-electron chi connectivity index (χ4n) is 2.59. The summed E-state index contributed by atoms with van der Waals surface area (Å²) in [6.45, 7) is 10.2. The highest BCUT2D eigenvalue weighted by Crippen LogP contribution is 2.30. The van der Waals surface area contributed by atoms with Crippen molar-refractivity contribution >= 4 is 5.97 Å². The second kappa shape index (κ2) is 11.0. The molecule has 0 rings (SSSR count). The molecule has 0 heterocycles. The summed E-state index contributed by atoms with van der Waals surface area (Å²) in [6.07, 6.45) is 8.79. The van der Waals surface area contributed by atoms with Gasteiger partial charge < -0.3 is 5.11 Å². The monoisotopic (exact) mass is 316 g/mol. The van der Waals surface area contributed by atoms with Gasteiger partial charge in [0, 0.05) is 0 Å². The Labute approximate surface area is 136 Å². The summed E-state index contributed by atoms with van der Waals surface area (Å²) in [5, 5.41) is 9.73. The maximum atomic E-state index is 11.9. The zero-order chi connectivity index (χ0) is 17.1. The van der Waals surface area contributed by atoms with E-state index in [1.165, 1.54) is 0 Å². The lowest BCUT2D eigenvalue weighted by Crippen LogP contribution is -2.44. The summed E-state index contributed by atoms with van der Waals surface area (Å²) >= 11 is 0. The van der Waals surface area contributed by atoms with Crippen LogP contribution < -0.4 is 0 Å². The minimum atomic E-state index is -1.20. The molecule has 0 aromatic heterocycles. The summed E-state index contributed by atoms with van der Waals surface area (Å²) in [6, 6.07) is 0. The number of carboxylic acids is 1. The van der Waals surface area contributed by atoms with Crippen molar-refractivity contribution in [2.75, 3.05) is 0 Å². The Morgan fingerprint density at radius 2 is 1.41 bits per heavy atom. The quantitative estimate of drug-likeness (QED) is 0.261. The van der Waals surface area contributed by atoms with E-state index in [-0.39, 0.29) is 0 Å². The Bertz CT molecular complexity index is 301. The first-order chi connectivity index (χ1) is 10.3. The van der Waals surface area contributed by atoms with Crippen molar-refractivity contribution in [2.45, 2.75) is 110 Å². The fraction of sp³-hybridized carbons (Fsp3) is 0.944. The number of carboxylic acid groups (broad SMARTS) is 1. The van der Waals surface area contributed by atoms with Gasteiger partial charge in [-0.3, -0.25) is 0 Å². The van der Waals surface area contributed by atoms with Gasteiger partial charge in [0.15, 0.2) is 5.60 Å². The van der Waals surface area contributed by atoms with Crippen molar-refractivity contribution < 1.29 is 19.7 Å². The normalized spacial score (nSPS) is 14.8. The Hall–Kier alpha value is -0.610. The molecular formula is C18H36O4. The predicted octanol–water partition coefficient (Wildman–Crippen LogP) is 5.50. The first kappa shape index (κ1) is 21.4. The highest BCUT2D eigenvalue weighted by atomic mass is 17.2. The minimum Gasteiger partial charge on any atom is -0.479 e. The van der Waals surface area contributed by atoms with Crippen LogP contribution in [0.2, 0.25) is 0 Å². The van der Waals surface area contributed by atoms with Crippen molar-refractivity contribution in [2.24, 2.45) is 0 Å². The van der Waals surface area contributed by atoms with Gasteiger partial charge in [-0.05, 0) is 39.5 Å². The first-order valence-corrected chi connectivity index (χ1v) is 8.93. The molecule has 132 valence electrons. The lowest BCUT2D eigenvalue weighted by molar-refractivity contribution is -0.403. The SMILES string of the molecule is CCCCCCC(CCCC)(OOC(C)(C)CCC)C(=O)O. The van der Waals surface area contributed by atoms with Crippen LogP contribution in [0.15, 0.2) is 0 Å². The van der Waals surface area contributed by atoms with Crippen LogP contribution in [-0.4, -0.2) is 22.3 Å². The van der Waals surface area contributed by atoms with Crippen molar-refractivity contribution in [1.82, 2.24) is 0 Å². The second-order valence-corrected chi connectivity index (χ2v) is 6.89. The van der Waals surface area contributed by atoms with E-state index < -0.39 is 17.2 Å². The van der Waals surface area contributed by atoms with E-state index in [2.05, 4.69) is 20.8 Å². The Kier molecular flexibility index (Phi) is 10.7. The van der Waals surface area contributed by atoms with Crippen LogP contribution in [0.5, 0.6) is 0 Å². The van der Waals surface area contributed by atoms with E-state index in [1.807, 2.05) is 13.8 Å². The molecule has 0 saturated heterocycles. The maximum absolute atomic E-state index is 11.9. The van der Waals surface area contributed by atoms with Gasteiger partial charge in [0.1, 0.15) is 0 Å². The van der Waals surface area contributed by atoms with Crippen molar-refractivity contribution in [3.63, 3.8) is 0 Å². The number of hydrogen-bond acceptors (Lipinski definition) is 3. The van der Waals surface area contributed by atoms with Gasteiger partial charge in [-0.2, -0.15) is 0 Å². The van der Waals surface area contributed by atoms with Crippen LogP contribution >= 0.6 is 0 Å². The summed E-state index contributed by atoms with van der Waals surface area (Å²) in [5.41, 5.74) is -1.65. The number of carbonyl (C=O) groups is 1. The molecule has 0 aliphatic rings. The summed E-state index contributed by atoms with van der Waals surface area (Å²) in [5.74, 6) is -0.898. The third-order valence-electron chi connectivity index (χ3n) is 4.04. The van der Waals surface area contributed by atoms with Gasteiger partial charge in [-0.15, -0.1) is 0 Å². The largest absolute Gasteiger partial charge is 0.479 e. The number of hydrogen-bond donors (Lipinski definition) is 1. The number of rotatable bonds is 14. The van der Waals surface area contributed by atoms with Gasteiger partial charge in [0.2, 0.25) is 0 Å². The Morgan fingerprint density at radius 1 is 0.818 bits per heavy atom. The molecule has 0 fully saturated rings. The average molecular weight is 316 g/mol. The van der Waals surface area contributed by atoms with Gasteiger partial charge in [-0.1, -0.05) is 59.3 Å². The molecule has 1 N–H and O–H groups in total. The molecule has 0 spiro atoms. The molecule has 0 saturated carbocycles. The van der Waals surface area contributed by atoms with E-state index in [0.717, 1.165) is 51.4 Å². The zero-order valence-electron chi connectivity index (χ0n) is 15.2. The second-order valence-electron chi connectivity index (χ2n) is 6.89. The predicted molar refractivity (Wildman–Crippen MR) is 89.8 cm³/mol. The number of aliphatic carboxylic acids is 1. The van der Waals surface area contributed by atoms with Gasteiger partial charge in [0.25, 0.3) is 0 Å². The molecule has 1 atom stereocenters. The van der Waals surface area contributed by atoms with Crippen LogP contribution in [0.25, 0.3) is 0 Å². The Balaban J connectivity index is 4.82. The van der Waals surface area contributed by atoms with Crippen LogP contribution in [0.1, 0.15) is 98.8 Å². The van der Waals surface area contributed by atoms with E-state index in [9.17, 15) is 9.90 Å². The molecule has 0 radical (unpaired) electrons. The Morgan fingerprint density at radius 3 is 1.91 bits per heavy atom. The fourth-order valence-corrected chi connectivity index (χ4v) is 2.59. The van der Waals surface area contributed by atoms with E-state index >= 15 is 0 Å².